The Labute approximate surface area is 174 Å². The molecule has 1 aromatic heterocycles. The molecule has 1 amide bonds. The molecule has 0 radical (unpaired) electrons. The van der Waals surface area contributed by atoms with Gasteiger partial charge in [-0.1, -0.05) is 18.2 Å². The van der Waals surface area contributed by atoms with Crippen molar-refractivity contribution in [3.63, 3.8) is 0 Å². The molecule has 30 heavy (non-hydrogen) atoms. The van der Waals surface area contributed by atoms with Crippen LogP contribution in [0.2, 0.25) is 0 Å². The van der Waals surface area contributed by atoms with E-state index in [4.69, 9.17) is 4.74 Å². The third-order valence-corrected chi connectivity index (χ3v) is 5.12. The SMILES string of the molecule is Cc1cccc(Oc2cc(N3CCN(C(=O)c4cccc(F)c4)[C@H](C)C3)ncn2)c1. The van der Waals surface area contributed by atoms with E-state index in [2.05, 4.69) is 14.9 Å². The molecule has 4 rings (SSSR count). The fourth-order valence-electron chi connectivity index (χ4n) is 3.61. The van der Waals surface area contributed by atoms with E-state index in [1.807, 2.05) is 38.1 Å². The molecule has 154 valence electrons. The number of hydrogen-bond donors (Lipinski definition) is 0. The Morgan fingerprint density at radius 2 is 1.93 bits per heavy atom. The smallest absolute Gasteiger partial charge is 0.254 e. The summed E-state index contributed by atoms with van der Waals surface area (Å²) in [5.41, 5.74) is 1.47. The zero-order valence-corrected chi connectivity index (χ0v) is 17.0. The Morgan fingerprint density at radius 1 is 1.10 bits per heavy atom. The number of piperazine rings is 1. The topological polar surface area (TPSA) is 58.6 Å². The Hall–Kier alpha value is -3.48. The van der Waals surface area contributed by atoms with Gasteiger partial charge in [-0.3, -0.25) is 4.79 Å². The molecular weight excluding hydrogens is 383 g/mol. The molecule has 3 aromatic rings. The van der Waals surface area contributed by atoms with Crippen LogP contribution in [0.25, 0.3) is 0 Å². The minimum absolute atomic E-state index is 0.0503. The monoisotopic (exact) mass is 406 g/mol. The number of ether oxygens (including phenoxy) is 1. The van der Waals surface area contributed by atoms with Crippen LogP contribution in [0.1, 0.15) is 22.8 Å². The Bertz CT molecular complexity index is 1060. The van der Waals surface area contributed by atoms with Gasteiger partial charge in [0.05, 0.1) is 0 Å². The van der Waals surface area contributed by atoms with Crippen molar-refractivity contribution in [1.29, 1.82) is 0 Å². The Kier molecular flexibility index (Phi) is 5.61. The summed E-state index contributed by atoms with van der Waals surface area (Å²) in [4.78, 5) is 25.2. The predicted octanol–water partition coefficient (Wildman–Crippen LogP) is 4.07. The van der Waals surface area contributed by atoms with Gasteiger partial charge in [0.25, 0.3) is 5.91 Å². The fourth-order valence-corrected chi connectivity index (χ4v) is 3.61. The van der Waals surface area contributed by atoms with Gasteiger partial charge in [0.15, 0.2) is 0 Å². The molecule has 7 heteroatoms. The first-order chi connectivity index (χ1) is 14.5. The largest absolute Gasteiger partial charge is 0.439 e. The van der Waals surface area contributed by atoms with Crippen LogP contribution in [0.15, 0.2) is 60.9 Å². The first-order valence-electron chi connectivity index (χ1n) is 9.87. The highest BCUT2D eigenvalue weighted by molar-refractivity contribution is 5.94. The van der Waals surface area contributed by atoms with Crippen molar-refractivity contribution in [2.75, 3.05) is 24.5 Å². The first kappa shape index (κ1) is 19.8. The lowest BCUT2D eigenvalue weighted by Gasteiger charge is -2.40. The van der Waals surface area contributed by atoms with Crippen LogP contribution in [-0.2, 0) is 0 Å². The molecule has 0 saturated carbocycles. The summed E-state index contributed by atoms with van der Waals surface area (Å²) in [6.07, 6.45) is 1.48. The molecule has 2 aromatic carbocycles. The van der Waals surface area contributed by atoms with E-state index in [0.717, 1.165) is 17.1 Å². The van der Waals surface area contributed by atoms with Crippen LogP contribution < -0.4 is 9.64 Å². The summed E-state index contributed by atoms with van der Waals surface area (Å²) in [5, 5.41) is 0. The summed E-state index contributed by atoms with van der Waals surface area (Å²) in [7, 11) is 0. The lowest BCUT2D eigenvalue weighted by atomic mass is 10.1. The van der Waals surface area contributed by atoms with Crippen LogP contribution in [0.4, 0.5) is 10.2 Å². The normalized spacial score (nSPS) is 16.4. The number of rotatable bonds is 4. The number of carbonyl (C=O) groups is 1. The molecule has 1 aliphatic rings. The Morgan fingerprint density at radius 3 is 2.70 bits per heavy atom. The molecule has 1 aliphatic heterocycles. The molecule has 1 atom stereocenters. The standard InChI is InChI=1S/C23H23FN4O2/c1-16-5-3-8-20(11-16)30-22-13-21(25-15-26-22)27-9-10-28(17(2)14-27)23(29)18-6-4-7-19(24)12-18/h3-8,11-13,15,17H,9-10,14H2,1-2H3/t17-/m1/s1. The van der Waals surface area contributed by atoms with Crippen molar-refractivity contribution >= 4 is 11.7 Å². The predicted molar refractivity (Wildman–Crippen MR) is 112 cm³/mol. The average Bonchev–Trinajstić information content (AvgIpc) is 2.73. The molecule has 0 spiro atoms. The van der Waals surface area contributed by atoms with Gasteiger partial charge < -0.3 is 14.5 Å². The highest BCUT2D eigenvalue weighted by atomic mass is 19.1. The molecule has 6 nitrogen and oxygen atoms in total. The number of aromatic nitrogens is 2. The number of amides is 1. The van der Waals surface area contributed by atoms with E-state index in [-0.39, 0.29) is 11.9 Å². The van der Waals surface area contributed by atoms with Gasteiger partial charge in [0, 0.05) is 37.3 Å². The van der Waals surface area contributed by atoms with Crippen molar-refractivity contribution in [3.8, 4) is 11.6 Å². The van der Waals surface area contributed by atoms with E-state index in [0.29, 0.717) is 31.1 Å². The van der Waals surface area contributed by atoms with Crippen LogP contribution >= 0.6 is 0 Å². The van der Waals surface area contributed by atoms with E-state index in [1.165, 1.54) is 18.5 Å². The van der Waals surface area contributed by atoms with Gasteiger partial charge in [-0.15, -0.1) is 0 Å². The van der Waals surface area contributed by atoms with Crippen LogP contribution in [-0.4, -0.2) is 46.5 Å². The number of hydrogen-bond acceptors (Lipinski definition) is 5. The lowest BCUT2D eigenvalue weighted by Crippen LogP contribution is -2.54. The van der Waals surface area contributed by atoms with Crippen molar-refractivity contribution in [2.45, 2.75) is 19.9 Å². The number of aryl methyl sites for hydroxylation is 1. The number of anilines is 1. The number of carbonyl (C=O) groups excluding carboxylic acids is 1. The van der Waals surface area contributed by atoms with Crippen molar-refractivity contribution in [2.24, 2.45) is 0 Å². The van der Waals surface area contributed by atoms with Gasteiger partial charge in [-0.05, 0) is 49.7 Å². The lowest BCUT2D eigenvalue weighted by molar-refractivity contribution is 0.0673. The zero-order valence-electron chi connectivity index (χ0n) is 17.0. The number of halogens is 1. The third-order valence-electron chi connectivity index (χ3n) is 5.12. The molecule has 1 saturated heterocycles. The quantitative estimate of drug-likeness (QED) is 0.654. The summed E-state index contributed by atoms with van der Waals surface area (Å²) < 4.78 is 19.4. The maximum Gasteiger partial charge on any atom is 0.254 e. The van der Waals surface area contributed by atoms with E-state index < -0.39 is 5.82 Å². The highest BCUT2D eigenvalue weighted by Gasteiger charge is 2.29. The maximum atomic E-state index is 13.5. The minimum atomic E-state index is -0.408. The van der Waals surface area contributed by atoms with Gasteiger partial charge >= 0.3 is 0 Å². The molecule has 0 bridgehead atoms. The second kappa shape index (κ2) is 8.49. The zero-order chi connectivity index (χ0) is 21.1. The summed E-state index contributed by atoms with van der Waals surface area (Å²) in [5.74, 6) is 1.37. The van der Waals surface area contributed by atoms with E-state index >= 15 is 0 Å². The molecule has 1 fully saturated rings. The van der Waals surface area contributed by atoms with Crippen LogP contribution in [0.3, 0.4) is 0 Å². The number of nitrogens with zero attached hydrogens (tertiary/aromatic N) is 4. The number of benzene rings is 2. The van der Waals surface area contributed by atoms with Crippen LogP contribution in [0.5, 0.6) is 11.6 Å². The molecule has 0 N–H and O–H groups in total. The van der Waals surface area contributed by atoms with Crippen LogP contribution in [0, 0.1) is 12.7 Å². The fraction of sp³-hybridized carbons (Fsp3) is 0.261. The first-order valence-corrected chi connectivity index (χ1v) is 9.87. The molecule has 0 aliphatic carbocycles. The van der Waals surface area contributed by atoms with E-state index in [9.17, 15) is 9.18 Å². The second-order valence-electron chi connectivity index (χ2n) is 7.44. The summed E-state index contributed by atoms with van der Waals surface area (Å²) in [6.45, 7) is 5.74. The Balaban J connectivity index is 1.45. The summed E-state index contributed by atoms with van der Waals surface area (Å²) >= 11 is 0. The van der Waals surface area contributed by atoms with Crippen molar-refractivity contribution < 1.29 is 13.9 Å². The molecular formula is C23H23FN4O2. The highest BCUT2D eigenvalue weighted by Crippen LogP contribution is 2.25. The van der Waals surface area contributed by atoms with Gasteiger partial charge in [0.2, 0.25) is 5.88 Å². The van der Waals surface area contributed by atoms with Gasteiger partial charge in [0.1, 0.15) is 23.7 Å². The second-order valence-corrected chi connectivity index (χ2v) is 7.44. The third kappa shape index (κ3) is 4.40. The van der Waals surface area contributed by atoms with Crippen molar-refractivity contribution in [1.82, 2.24) is 14.9 Å². The van der Waals surface area contributed by atoms with Gasteiger partial charge in [-0.2, -0.15) is 0 Å². The van der Waals surface area contributed by atoms with E-state index in [1.54, 1.807) is 23.1 Å². The molecule has 0 unspecified atom stereocenters. The molecule has 2 heterocycles. The summed E-state index contributed by atoms with van der Waals surface area (Å²) in [6, 6.07) is 15.3. The van der Waals surface area contributed by atoms with Crippen molar-refractivity contribution in [3.05, 3.63) is 77.9 Å². The average molecular weight is 406 g/mol. The van der Waals surface area contributed by atoms with Gasteiger partial charge in [-0.25, -0.2) is 14.4 Å². The minimum Gasteiger partial charge on any atom is -0.439 e. The maximum absolute atomic E-state index is 13.5.